The molecule has 1 N–H and O–H groups in total. The Hall–Kier alpha value is -2.54. The number of carbonyl (C=O) groups is 1. The molecule has 3 aromatic rings. The van der Waals surface area contributed by atoms with E-state index in [-0.39, 0.29) is 18.1 Å². The molecule has 0 radical (unpaired) electrons. The minimum atomic E-state index is -0.0172. The van der Waals surface area contributed by atoms with E-state index in [0.29, 0.717) is 16.8 Å². The van der Waals surface area contributed by atoms with Crippen LogP contribution in [0.25, 0.3) is 0 Å². The summed E-state index contributed by atoms with van der Waals surface area (Å²) in [6, 6.07) is 9.53. The standard InChI is InChI=1S/C17H17N3O3S/c1-11-5-6-12(2)15(8-11)22-9-16-19-20-17(23-16)24-10-14(21)13-4-3-7-18-13/h3-8,18H,9-10H2,1-2H3. The van der Waals surface area contributed by atoms with Crippen molar-refractivity contribution in [3.63, 3.8) is 0 Å². The number of Topliss-reactive ketones (excluding diaryl/α,β-unsaturated/α-hetero) is 1. The molecule has 0 amide bonds. The van der Waals surface area contributed by atoms with Gasteiger partial charge in [0.25, 0.3) is 11.1 Å². The van der Waals surface area contributed by atoms with E-state index in [2.05, 4.69) is 15.2 Å². The molecule has 0 saturated carbocycles. The van der Waals surface area contributed by atoms with E-state index in [4.69, 9.17) is 9.15 Å². The first-order chi connectivity index (χ1) is 11.6. The topological polar surface area (TPSA) is 81.0 Å². The number of hydrogen-bond acceptors (Lipinski definition) is 6. The van der Waals surface area contributed by atoms with Crippen LogP contribution in [-0.2, 0) is 6.61 Å². The minimum absolute atomic E-state index is 0.0172. The molecule has 2 aromatic heterocycles. The quantitative estimate of drug-likeness (QED) is 0.522. The first-order valence-electron chi connectivity index (χ1n) is 7.43. The summed E-state index contributed by atoms with van der Waals surface area (Å²) in [5.74, 6) is 1.39. The molecule has 3 rings (SSSR count). The molecule has 0 spiro atoms. The van der Waals surface area contributed by atoms with E-state index in [0.717, 1.165) is 16.9 Å². The van der Waals surface area contributed by atoms with Crippen molar-refractivity contribution in [1.82, 2.24) is 15.2 Å². The monoisotopic (exact) mass is 343 g/mol. The third kappa shape index (κ3) is 4.05. The molecule has 0 aliphatic rings. The Morgan fingerprint density at radius 2 is 2.17 bits per heavy atom. The number of aromatic nitrogens is 3. The summed E-state index contributed by atoms with van der Waals surface area (Å²) in [5.41, 5.74) is 2.74. The zero-order valence-electron chi connectivity index (χ0n) is 13.4. The normalized spacial score (nSPS) is 10.8. The molecule has 24 heavy (non-hydrogen) atoms. The summed E-state index contributed by atoms with van der Waals surface area (Å²) >= 11 is 1.21. The van der Waals surface area contributed by atoms with Crippen molar-refractivity contribution in [2.24, 2.45) is 0 Å². The van der Waals surface area contributed by atoms with Gasteiger partial charge in [-0.3, -0.25) is 4.79 Å². The second-order valence-electron chi connectivity index (χ2n) is 5.31. The molecule has 0 unspecified atom stereocenters. The fourth-order valence-electron chi connectivity index (χ4n) is 2.07. The largest absolute Gasteiger partial charge is 0.484 e. The minimum Gasteiger partial charge on any atom is -0.484 e. The fraction of sp³-hybridized carbons (Fsp3) is 0.235. The summed E-state index contributed by atoms with van der Waals surface area (Å²) in [4.78, 5) is 14.8. The molecular weight excluding hydrogens is 326 g/mol. The van der Waals surface area contributed by atoms with Gasteiger partial charge in [-0.2, -0.15) is 0 Å². The maximum atomic E-state index is 11.9. The number of H-pyrrole nitrogens is 1. The number of nitrogens with zero attached hydrogens (tertiary/aromatic N) is 2. The van der Waals surface area contributed by atoms with Crippen LogP contribution in [0.2, 0.25) is 0 Å². The van der Waals surface area contributed by atoms with Gasteiger partial charge in [0.05, 0.1) is 11.4 Å². The number of thioether (sulfide) groups is 1. The lowest BCUT2D eigenvalue weighted by molar-refractivity contribution is 0.101. The van der Waals surface area contributed by atoms with Crippen molar-refractivity contribution in [2.75, 3.05) is 5.75 Å². The van der Waals surface area contributed by atoms with Crippen LogP contribution in [0.3, 0.4) is 0 Å². The third-order valence-corrected chi connectivity index (χ3v) is 4.19. The Balaban J connectivity index is 1.54. The predicted octanol–water partition coefficient (Wildman–Crippen LogP) is 3.57. The average molecular weight is 343 g/mol. The zero-order chi connectivity index (χ0) is 16.9. The molecule has 1 aromatic carbocycles. The van der Waals surface area contributed by atoms with Gasteiger partial charge in [0, 0.05) is 6.20 Å². The van der Waals surface area contributed by atoms with Gasteiger partial charge in [0.2, 0.25) is 0 Å². The van der Waals surface area contributed by atoms with Crippen molar-refractivity contribution >= 4 is 17.5 Å². The first-order valence-corrected chi connectivity index (χ1v) is 8.42. The predicted molar refractivity (Wildman–Crippen MR) is 90.4 cm³/mol. The van der Waals surface area contributed by atoms with Gasteiger partial charge in [0.15, 0.2) is 12.4 Å². The van der Waals surface area contributed by atoms with Gasteiger partial charge in [-0.1, -0.05) is 23.9 Å². The summed E-state index contributed by atoms with van der Waals surface area (Å²) in [5, 5.41) is 8.22. The average Bonchev–Trinajstić information content (AvgIpc) is 3.25. The van der Waals surface area contributed by atoms with Crippen LogP contribution in [-0.4, -0.2) is 26.7 Å². The Bertz CT molecular complexity index is 827. The highest BCUT2D eigenvalue weighted by Gasteiger charge is 2.12. The fourth-order valence-corrected chi connectivity index (χ4v) is 2.73. The zero-order valence-corrected chi connectivity index (χ0v) is 14.2. The van der Waals surface area contributed by atoms with Crippen LogP contribution in [0, 0.1) is 13.8 Å². The maximum Gasteiger partial charge on any atom is 0.277 e. The highest BCUT2D eigenvalue weighted by atomic mass is 32.2. The van der Waals surface area contributed by atoms with Crippen molar-refractivity contribution < 1.29 is 13.9 Å². The number of aromatic amines is 1. The summed E-state index contributed by atoms with van der Waals surface area (Å²) in [7, 11) is 0. The number of carbonyl (C=O) groups excluding carboxylic acids is 1. The van der Waals surface area contributed by atoms with Crippen molar-refractivity contribution in [3.8, 4) is 5.75 Å². The van der Waals surface area contributed by atoms with Gasteiger partial charge >= 0.3 is 0 Å². The van der Waals surface area contributed by atoms with Crippen LogP contribution in [0.5, 0.6) is 5.75 Å². The van der Waals surface area contributed by atoms with Gasteiger partial charge in [-0.05, 0) is 43.2 Å². The Morgan fingerprint density at radius 1 is 1.29 bits per heavy atom. The highest BCUT2D eigenvalue weighted by molar-refractivity contribution is 7.99. The molecule has 0 fully saturated rings. The SMILES string of the molecule is Cc1ccc(C)c(OCc2nnc(SCC(=O)c3ccc[nH]3)o2)c1. The maximum absolute atomic E-state index is 11.9. The van der Waals surface area contributed by atoms with Crippen LogP contribution in [0.4, 0.5) is 0 Å². The molecule has 6 nitrogen and oxygen atoms in total. The Morgan fingerprint density at radius 3 is 2.96 bits per heavy atom. The molecule has 7 heteroatoms. The lowest BCUT2D eigenvalue weighted by Crippen LogP contribution is -2.02. The van der Waals surface area contributed by atoms with Crippen molar-refractivity contribution in [2.45, 2.75) is 25.7 Å². The molecule has 0 saturated heterocycles. The lowest BCUT2D eigenvalue weighted by atomic mass is 10.1. The van der Waals surface area contributed by atoms with Gasteiger partial charge < -0.3 is 14.1 Å². The van der Waals surface area contributed by atoms with Crippen LogP contribution >= 0.6 is 11.8 Å². The van der Waals surface area contributed by atoms with E-state index in [1.807, 2.05) is 32.0 Å². The number of rotatable bonds is 7. The molecule has 0 atom stereocenters. The first kappa shape index (κ1) is 16.3. The van der Waals surface area contributed by atoms with Gasteiger partial charge in [0.1, 0.15) is 5.75 Å². The summed E-state index contributed by atoms with van der Waals surface area (Å²) < 4.78 is 11.2. The molecule has 124 valence electrons. The number of nitrogens with one attached hydrogen (secondary N) is 1. The molecular formula is C17H17N3O3S. The number of benzene rings is 1. The summed E-state index contributed by atoms with van der Waals surface area (Å²) in [6.45, 7) is 4.19. The van der Waals surface area contributed by atoms with Crippen molar-refractivity contribution in [3.05, 3.63) is 59.2 Å². The number of aryl methyl sites for hydroxylation is 2. The Kier molecular flexibility index (Phi) is 5.00. The number of hydrogen-bond donors (Lipinski definition) is 1. The number of ketones is 1. The lowest BCUT2D eigenvalue weighted by Gasteiger charge is -2.07. The third-order valence-electron chi connectivity index (χ3n) is 3.37. The van der Waals surface area contributed by atoms with Crippen LogP contribution < -0.4 is 4.74 Å². The van der Waals surface area contributed by atoms with Crippen molar-refractivity contribution in [1.29, 1.82) is 0 Å². The highest BCUT2D eigenvalue weighted by Crippen LogP contribution is 2.22. The molecule has 2 heterocycles. The molecule has 0 aliphatic carbocycles. The molecule has 0 bridgehead atoms. The van der Waals surface area contributed by atoms with E-state index in [9.17, 15) is 4.79 Å². The van der Waals surface area contributed by atoms with E-state index in [1.165, 1.54) is 11.8 Å². The van der Waals surface area contributed by atoms with Gasteiger partial charge in [-0.25, -0.2) is 0 Å². The summed E-state index contributed by atoms with van der Waals surface area (Å²) in [6.07, 6.45) is 1.72. The van der Waals surface area contributed by atoms with E-state index >= 15 is 0 Å². The van der Waals surface area contributed by atoms with Crippen LogP contribution in [0.1, 0.15) is 27.5 Å². The smallest absolute Gasteiger partial charge is 0.277 e. The van der Waals surface area contributed by atoms with E-state index in [1.54, 1.807) is 18.3 Å². The Labute approximate surface area is 143 Å². The van der Waals surface area contributed by atoms with Gasteiger partial charge in [-0.15, -0.1) is 10.2 Å². The van der Waals surface area contributed by atoms with Crippen LogP contribution in [0.15, 0.2) is 46.2 Å². The molecule has 0 aliphatic heterocycles. The second kappa shape index (κ2) is 7.35. The van der Waals surface area contributed by atoms with E-state index < -0.39 is 0 Å². The number of ether oxygens (including phenoxy) is 1. The second-order valence-corrected chi connectivity index (χ2v) is 6.24.